The molecule has 0 aromatic heterocycles. The van der Waals surface area contributed by atoms with Gasteiger partial charge in [0.2, 0.25) is 0 Å². The van der Waals surface area contributed by atoms with Gasteiger partial charge in [-0.3, -0.25) is 10.1 Å². The van der Waals surface area contributed by atoms with Crippen molar-refractivity contribution in [2.24, 2.45) is 0 Å². The third-order valence-corrected chi connectivity index (χ3v) is 4.34. The normalized spacial score (nSPS) is 14.9. The van der Waals surface area contributed by atoms with Gasteiger partial charge in [-0.05, 0) is 12.1 Å². The standard InChI is InChI=1S/C17H8F15NO4/c18-11(19,10(34)37-7-6-9(33(35)36)8-4-2-1-3-5-8)12(20,21)13(22,23)14(24,25)15(26,27)16(28,29)17(30,31)32/h1-6H,7H2. The van der Waals surface area contributed by atoms with E-state index in [0.29, 0.717) is 0 Å². The second kappa shape index (κ2) is 9.58. The maximum atomic E-state index is 13.7. The molecule has 0 heterocycles. The number of carbonyl (C=O) groups excluding carboxylic acids is 1. The van der Waals surface area contributed by atoms with Crippen molar-refractivity contribution in [1.82, 2.24) is 0 Å². The molecule has 0 radical (unpaired) electrons. The molecule has 0 aliphatic carbocycles. The molecule has 20 heteroatoms. The maximum absolute atomic E-state index is 13.7. The summed E-state index contributed by atoms with van der Waals surface area (Å²) in [5, 5.41) is 11.0. The molecular weight excluding hydrogens is 567 g/mol. The molecule has 37 heavy (non-hydrogen) atoms. The third kappa shape index (κ3) is 5.00. The molecule has 0 saturated heterocycles. The Hall–Kier alpha value is -3.22. The van der Waals surface area contributed by atoms with E-state index in [4.69, 9.17) is 0 Å². The average Bonchev–Trinajstić information content (AvgIpc) is 2.75. The molecule has 0 saturated carbocycles. The van der Waals surface area contributed by atoms with Gasteiger partial charge < -0.3 is 4.74 Å². The summed E-state index contributed by atoms with van der Waals surface area (Å²) in [6.45, 7) is -1.82. The van der Waals surface area contributed by atoms with Crippen molar-refractivity contribution < 1.29 is 80.3 Å². The van der Waals surface area contributed by atoms with Crippen molar-refractivity contribution in [2.75, 3.05) is 6.61 Å². The van der Waals surface area contributed by atoms with E-state index in [1.807, 2.05) is 0 Å². The van der Waals surface area contributed by atoms with E-state index >= 15 is 0 Å². The minimum Gasteiger partial charge on any atom is -0.457 e. The van der Waals surface area contributed by atoms with Crippen LogP contribution in [0.3, 0.4) is 0 Å². The number of hydrogen-bond acceptors (Lipinski definition) is 4. The fourth-order valence-corrected chi connectivity index (χ4v) is 2.29. The Bertz CT molecular complexity index is 1030. The molecule has 210 valence electrons. The van der Waals surface area contributed by atoms with Crippen molar-refractivity contribution in [2.45, 2.75) is 41.7 Å². The highest BCUT2D eigenvalue weighted by atomic mass is 19.4. The van der Waals surface area contributed by atoms with Crippen LogP contribution in [-0.2, 0) is 9.53 Å². The van der Waals surface area contributed by atoms with E-state index in [1.165, 1.54) is 18.2 Å². The first-order chi connectivity index (χ1) is 16.3. The molecule has 0 aliphatic rings. The van der Waals surface area contributed by atoms with Gasteiger partial charge in [-0.2, -0.15) is 65.9 Å². The van der Waals surface area contributed by atoms with Crippen molar-refractivity contribution in [3.8, 4) is 0 Å². The van der Waals surface area contributed by atoms with Gasteiger partial charge >= 0.3 is 47.7 Å². The zero-order valence-corrected chi connectivity index (χ0v) is 16.9. The van der Waals surface area contributed by atoms with Gasteiger partial charge in [0.25, 0.3) is 5.70 Å². The molecular formula is C17H8F15NO4. The van der Waals surface area contributed by atoms with E-state index < -0.39 is 64.9 Å². The molecule has 0 amide bonds. The highest BCUT2D eigenvalue weighted by Gasteiger charge is 2.94. The van der Waals surface area contributed by atoms with Gasteiger partial charge in [0.15, 0.2) is 0 Å². The van der Waals surface area contributed by atoms with Crippen LogP contribution in [0.25, 0.3) is 5.70 Å². The SMILES string of the molecule is O=C(OCC=C(c1ccccc1)[N+](=O)[O-])C(F)(F)C(F)(F)C(F)(F)C(F)(F)C(F)(F)C(F)(F)C(F)(F)F. The van der Waals surface area contributed by atoms with Crippen LogP contribution in [0.15, 0.2) is 36.4 Å². The lowest BCUT2D eigenvalue weighted by Crippen LogP contribution is -2.73. The van der Waals surface area contributed by atoms with Gasteiger partial charge in [-0.1, -0.05) is 18.2 Å². The Morgan fingerprint density at radius 1 is 0.730 bits per heavy atom. The smallest absolute Gasteiger partial charge is 0.457 e. The highest BCUT2D eigenvalue weighted by molar-refractivity contribution is 5.79. The van der Waals surface area contributed by atoms with Crippen molar-refractivity contribution in [3.05, 3.63) is 52.1 Å². The van der Waals surface area contributed by atoms with Gasteiger partial charge in [-0.15, -0.1) is 0 Å². The number of nitro groups is 1. The minimum atomic E-state index is -8.56. The van der Waals surface area contributed by atoms with E-state index in [2.05, 4.69) is 4.74 Å². The van der Waals surface area contributed by atoms with E-state index in [0.717, 1.165) is 12.1 Å². The Morgan fingerprint density at radius 2 is 1.14 bits per heavy atom. The van der Waals surface area contributed by atoms with Crippen molar-refractivity contribution >= 4 is 11.7 Å². The molecule has 1 aromatic rings. The predicted molar refractivity (Wildman–Crippen MR) is 88.1 cm³/mol. The number of rotatable bonds is 10. The number of carbonyl (C=O) groups is 1. The molecule has 0 atom stereocenters. The third-order valence-electron chi connectivity index (χ3n) is 4.34. The number of alkyl halides is 15. The summed E-state index contributed by atoms with van der Waals surface area (Å²) in [6, 6.07) is 5.73. The first-order valence-electron chi connectivity index (χ1n) is 8.73. The largest absolute Gasteiger partial charge is 0.460 e. The monoisotopic (exact) mass is 575 g/mol. The zero-order valence-electron chi connectivity index (χ0n) is 16.9. The zero-order chi connectivity index (χ0) is 29.5. The molecule has 1 rings (SSSR count). The number of esters is 1. The van der Waals surface area contributed by atoms with Gasteiger partial charge in [-0.25, -0.2) is 4.79 Å². The number of halogens is 15. The molecule has 0 spiro atoms. The molecule has 0 fully saturated rings. The number of benzene rings is 1. The molecule has 0 N–H and O–H groups in total. The van der Waals surface area contributed by atoms with Crippen LogP contribution in [0, 0.1) is 10.1 Å². The lowest BCUT2D eigenvalue weighted by Gasteiger charge is -2.40. The van der Waals surface area contributed by atoms with Gasteiger partial charge in [0.05, 0.1) is 10.5 Å². The van der Waals surface area contributed by atoms with Gasteiger partial charge in [0, 0.05) is 6.08 Å². The first kappa shape index (κ1) is 31.8. The molecule has 0 aliphatic heterocycles. The van der Waals surface area contributed by atoms with Crippen LogP contribution in [0.1, 0.15) is 5.56 Å². The molecule has 5 nitrogen and oxygen atoms in total. The maximum Gasteiger partial charge on any atom is 0.460 e. The number of hydrogen-bond donors (Lipinski definition) is 0. The summed E-state index contributed by atoms with van der Waals surface area (Å²) in [5.74, 6) is -52.9. The van der Waals surface area contributed by atoms with Gasteiger partial charge in [0.1, 0.15) is 6.61 Å². The minimum absolute atomic E-state index is 0.117. The first-order valence-corrected chi connectivity index (χ1v) is 8.73. The van der Waals surface area contributed by atoms with Crippen LogP contribution in [0.2, 0.25) is 0 Å². The summed E-state index contributed by atoms with van der Waals surface area (Å²) in [5.41, 5.74) is -1.38. The average molecular weight is 575 g/mol. The Balaban J connectivity index is 3.36. The Labute approximate surface area is 193 Å². The molecule has 0 unspecified atom stereocenters. The van der Waals surface area contributed by atoms with Crippen LogP contribution in [-0.4, -0.2) is 59.2 Å². The van der Waals surface area contributed by atoms with E-state index in [9.17, 15) is 80.8 Å². The van der Waals surface area contributed by atoms with Crippen LogP contribution in [0.4, 0.5) is 65.9 Å². The van der Waals surface area contributed by atoms with Crippen molar-refractivity contribution in [1.29, 1.82) is 0 Å². The van der Waals surface area contributed by atoms with E-state index in [-0.39, 0.29) is 11.6 Å². The fourth-order valence-electron chi connectivity index (χ4n) is 2.29. The van der Waals surface area contributed by atoms with Crippen LogP contribution in [0.5, 0.6) is 0 Å². The fraction of sp³-hybridized carbons (Fsp3) is 0.471. The van der Waals surface area contributed by atoms with Crippen molar-refractivity contribution in [3.63, 3.8) is 0 Å². The second-order valence-corrected chi connectivity index (χ2v) is 6.76. The number of nitrogens with zero attached hydrogens (tertiary/aromatic N) is 1. The summed E-state index contributed by atoms with van der Waals surface area (Å²) < 4.78 is 200. The van der Waals surface area contributed by atoms with E-state index in [1.54, 1.807) is 0 Å². The lowest BCUT2D eigenvalue weighted by molar-refractivity contribution is -0.450. The highest BCUT2D eigenvalue weighted by Crippen LogP contribution is 2.62. The molecule has 1 aromatic carbocycles. The van der Waals surface area contributed by atoms with Crippen LogP contribution >= 0.6 is 0 Å². The topological polar surface area (TPSA) is 69.4 Å². The molecule has 0 bridgehead atoms. The van der Waals surface area contributed by atoms with Crippen LogP contribution < -0.4 is 0 Å². The summed E-state index contributed by atoms with van der Waals surface area (Å²) in [4.78, 5) is 20.9. The summed E-state index contributed by atoms with van der Waals surface area (Å²) >= 11 is 0. The lowest BCUT2D eigenvalue weighted by atomic mass is 9.91. The predicted octanol–water partition coefficient (Wildman–Crippen LogP) is 6.22. The number of ether oxygens (including phenoxy) is 1. The summed E-state index contributed by atoms with van der Waals surface area (Å²) in [6.07, 6.45) is -7.64. The quantitative estimate of drug-likeness (QED) is 0.144. The summed E-state index contributed by atoms with van der Waals surface area (Å²) in [7, 11) is 0. The second-order valence-electron chi connectivity index (χ2n) is 6.76. The Morgan fingerprint density at radius 3 is 1.54 bits per heavy atom. The Kier molecular flexibility index (Phi) is 8.24.